The summed E-state index contributed by atoms with van der Waals surface area (Å²) in [6, 6.07) is 1.66. The van der Waals surface area contributed by atoms with E-state index < -0.39 is 10.0 Å². The molecule has 6 heteroatoms. The number of anilines is 1. The summed E-state index contributed by atoms with van der Waals surface area (Å²) >= 11 is 0. The summed E-state index contributed by atoms with van der Waals surface area (Å²) in [5.74, 6) is 0.498. The van der Waals surface area contributed by atoms with E-state index in [0.29, 0.717) is 30.2 Å². The fraction of sp³-hybridized carbons (Fsp3) is 0.364. The smallest absolute Gasteiger partial charge is 0.239 e. The maximum Gasteiger partial charge on any atom is 0.239 e. The van der Waals surface area contributed by atoms with Gasteiger partial charge in [0.25, 0.3) is 0 Å². The van der Waals surface area contributed by atoms with Gasteiger partial charge in [0, 0.05) is 12.3 Å². The van der Waals surface area contributed by atoms with Crippen molar-refractivity contribution in [1.82, 2.24) is 4.98 Å². The minimum atomic E-state index is -3.38. The molecule has 0 spiro atoms. The SMILES string of the molecule is C=C(C)CS(=O)(=O)N1CCOc2ccncc21. The first-order chi connectivity index (χ1) is 8.00. The number of nitrogens with zero attached hydrogens (tertiary/aromatic N) is 2. The van der Waals surface area contributed by atoms with Crippen molar-refractivity contribution in [2.75, 3.05) is 23.2 Å². The first-order valence-corrected chi connectivity index (χ1v) is 6.83. The van der Waals surface area contributed by atoms with Gasteiger partial charge in [0.2, 0.25) is 10.0 Å². The Bertz CT molecular complexity index is 539. The van der Waals surface area contributed by atoms with Crippen LogP contribution in [-0.2, 0) is 10.0 Å². The molecular formula is C11H14N2O3S. The van der Waals surface area contributed by atoms with E-state index in [0.717, 1.165) is 0 Å². The lowest BCUT2D eigenvalue weighted by Gasteiger charge is -2.29. The van der Waals surface area contributed by atoms with Crippen LogP contribution in [-0.4, -0.2) is 32.3 Å². The number of hydrogen-bond donors (Lipinski definition) is 0. The molecule has 0 bridgehead atoms. The summed E-state index contributed by atoms with van der Waals surface area (Å²) in [4.78, 5) is 3.93. The number of hydrogen-bond acceptors (Lipinski definition) is 4. The van der Waals surface area contributed by atoms with E-state index in [-0.39, 0.29) is 5.75 Å². The predicted molar refractivity (Wildman–Crippen MR) is 65.7 cm³/mol. The van der Waals surface area contributed by atoms with E-state index in [2.05, 4.69) is 11.6 Å². The Balaban J connectivity index is 2.39. The average molecular weight is 254 g/mol. The Morgan fingerprint density at radius 1 is 1.65 bits per heavy atom. The van der Waals surface area contributed by atoms with Crippen LogP contribution < -0.4 is 9.04 Å². The zero-order chi connectivity index (χ0) is 12.5. The predicted octanol–water partition coefficient (Wildman–Crippen LogP) is 1.19. The minimum Gasteiger partial charge on any atom is -0.489 e. The molecule has 2 heterocycles. The van der Waals surface area contributed by atoms with Crippen LogP contribution in [0, 0.1) is 0 Å². The van der Waals surface area contributed by atoms with Gasteiger partial charge in [0.05, 0.1) is 18.5 Å². The van der Waals surface area contributed by atoms with E-state index in [4.69, 9.17) is 4.74 Å². The first-order valence-electron chi connectivity index (χ1n) is 5.22. The second kappa shape index (κ2) is 4.37. The summed E-state index contributed by atoms with van der Waals surface area (Å²) in [7, 11) is -3.38. The lowest BCUT2D eigenvalue weighted by molar-refractivity contribution is 0.315. The van der Waals surface area contributed by atoms with Crippen molar-refractivity contribution >= 4 is 15.7 Å². The number of rotatable bonds is 3. The molecule has 17 heavy (non-hydrogen) atoms. The summed E-state index contributed by atoms with van der Waals surface area (Å²) in [5.41, 5.74) is 1.11. The molecule has 2 rings (SSSR count). The van der Waals surface area contributed by atoms with Crippen LogP contribution in [0.25, 0.3) is 0 Å². The van der Waals surface area contributed by atoms with Crippen molar-refractivity contribution in [1.29, 1.82) is 0 Å². The van der Waals surface area contributed by atoms with Gasteiger partial charge in [0.1, 0.15) is 18.0 Å². The topological polar surface area (TPSA) is 59.5 Å². The van der Waals surface area contributed by atoms with E-state index >= 15 is 0 Å². The molecule has 1 aliphatic rings. The van der Waals surface area contributed by atoms with Gasteiger partial charge in [-0.25, -0.2) is 8.42 Å². The molecule has 0 radical (unpaired) electrons. The summed E-state index contributed by atoms with van der Waals surface area (Å²) in [6.07, 6.45) is 3.08. The highest BCUT2D eigenvalue weighted by atomic mass is 32.2. The van der Waals surface area contributed by atoms with Crippen LogP contribution in [0.15, 0.2) is 30.6 Å². The molecule has 0 fully saturated rings. The number of sulfonamides is 1. The molecule has 1 aromatic heterocycles. The van der Waals surface area contributed by atoms with Crippen LogP contribution in [0.1, 0.15) is 6.92 Å². The molecular weight excluding hydrogens is 240 g/mol. The molecule has 0 amide bonds. The van der Waals surface area contributed by atoms with Crippen molar-refractivity contribution in [2.45, 2.75) is 6.92 Å². The molecule has 1 aromatic rings. The van der Waals surface area contributed by atoms with Crippen molar-refractivity contribution in [3.8, 4) is 5.75 Å². The normalized spacial score (nSPS) is 15.0. The standard InChI is InChI=1S/C11H14N2O3S/c1-9(2)8-17(14,15)13-5-6-16-11-3-4-12-7-10(11)13/h3-4,7H,1,5-6,8H2,2H3. The van der Waals surface area contributed by atoms with E-state index in [1.54, 1.807) is 19.2 Å². The van der Waals surface area contributed by atoms with Crippen LogP contribution >= 0.6 is 0 Å². The summed E-state index contributed by atoms with van der Waals surface area (Å²) < 4.78 is 31.0. The highest BCUT2D eigenvalue weighted by Gasteiger charge is 2.28. The maximum absolute atomic E-state index is 12.1. The summed E-state index contributed by atoms with van der Waals surface area (Å²) in [5, 5.41) is 0. The lowest BCUT2D eigenvalue weighted by atomic mass is 10.3. The molecule has 5 nitrogen and oxygen atoms in total. The maximum atomic E-state index is 12.1. The molecule has 0 N–H and O–H groups in total. The molecule has 0 saturated heterocycles. The highest BCUT2D eigenvalue weighted by Crippen LogP contribution is 2.32. The highest BCUT2D eigenvalue weighted by molar-refractivity contribution is 7.93. The van der Waals surface area contributed by atoms with Crippen LogP contribution in [0.2, 0.25) is 0 Å². The van der Waals surface area contributed by atoms with E-state index in [9.17, 15) is 8.42 Å². The number of ether oxygens (including phenoxy) is 1. The Kier molecular flexibility index (Phi) is 3.06. The minimum absolute atomic E-state index is 0.0542. The monoisotopic (exact) mass is 254 g/mol. The lowest BCUT2D eigenvalue weighted by Crippen LogP contribution is -2.39. The molecule has 0 atom stereocenters. The van der Waals surface area contributed by atoms with Gasteiger partial charge < -0.3 is 4.74 Å². The fourth-order valence-electron chi connectivity index (χ4n) is 1.72. The largest absolute Gasteiger partial charge is 0.489 e. The molecule has 92 valence electrons. The zero-order valence-electron chi connectivity index (χ0n) is 9.59. The van der Waals surface area contributed by atoms with Crippen LogP contribution in [0.5, 0.6) is 5.75 Å². The average Bonchev–Trinajstić information content (AvgIpc) is 2.26. The van der Waals surface area contributed by atoms with Gasteiger partial charge >= 0.3 is 0 Å². The van der Waals surface area contributed by atoms with Crippen molar-refractivity contribution in [3.05, 3.63) is 30.6 Å². The Hall–Kier alpha value is -1.56. The van der Waals surface area contributed by atoms with Gasteiger partial charge in [-0.2, -0.15) is 0 Å². The van der Waals surface area contributed by atoms with Gasteiger partial charge in [-0.05, 0) is 6.92 Å². The molecule has 0 aliphatic carbocycles. The Morgan fingerprint density at radius 3 is 3.12 bits per heavy atom. The van der Waals surface area contributed by atoms with Crippen LogP contribution in [0.4, 0.5) is 5.69 Å². The summed E-state index contributed by atoms with van der Waals surface area (Å²) in [6.45, 7) is 6.00. The quantitative estimate of drug-likeness (QED) is 0.760. The van der Waals surface area contributed by atoms with Gasteiger partial charge in [0.15, 0.2) is 0 Å². The second-order valence-corrected chi connectivity index (χ2v) is 5.87. The third-order valence-electron chi connectivity index (χ3n) is 2.35. The number of pyridine rings is 1. The van der Waals surface area contributed by atoms with Crippen LogP contribution in [0.3, 0.4) is 0 Å². The zero-order valence-corrected chi connectivity index (χ0v) is 10.4. The molecule has 1 aliphatic heterocycles. The Morgan fingerprint density at radius 2 is 2.41 bits per heavy atom. The van der Waals surface area contributed by atoms with Gasteiger partial charge in [-0.15, -0.1) is 0 Å². The van der Waals surface area contributed by atoms with Crippen molar-refractivity contribution < 1.29 is 13.2 Å². The van der Waals surface area contributed by atoms with Crippen molar-refractivity contribution in [2.24, 2.45) is 0 Å². The van der Waals surface area contributed by atoms with Crippen molar-refractivity contribution in [3.63, 3.8) is 0 Å². The number of aromatic nitrogens is 1. The molecule has 0 unspecified atom stereocenters. The third kappa shape index (κ3) is 2.41. The van der Waals surface area contributed by atoms with Gasteiger partial charge in [-0.3, -0.25) is 9.29 Å². The van der Waals surface area contributed by atoms with E-state index in [1.807, 2.05) is 0 Å². The van der Waals surface area contributed by atoms with E-state index in [1.165, 1.54) is 10.5 Å². The molecule has 0 aromatic carbocycles. The second-order valence-electron chi connectivity index (χ2n) is 3.98. The number of fused-ring (bicyclic) bond motifs is 1. The molecule has 0 saturated carbocycles. The third-order valence-corrected chi connectivity index (χ3v) is 4.25. The Labute approximate surface area is 101 Å². The first kappa shape index (κ1) is 11.9. The van der Waals surface area contributed by atoms with Gasteiger partial charge in [-0.1, -0.05) is 12.2 Å². The fourth-order valence-corrected chi connectivity index (χ4v) is 3.29.